The van der Waals surface area contributed by atoms with Gasteiger partial charge in [-0.1, -0.05) is 25.1 Å². The van der Waals surface area contributed by atoms with Crippen LogP contribution in [-0.2, 0) is 11.3 Å². The van der Waals surface area contributed by atoms with Gasteiger partial charge in [0.1, 0.15) is 5.75 Å². The molecule has 94 valence electrons. The fourth-order valence-electron chi connectivity index (χ4n) is 1.52. The lowest BCUT2D eigenvalue weighted by Gasteiger charge is -2.09. The van der Waals surface area contributed by atoms with Crippen LogP contribution in [0.15, 0.2) is 33.9 Å². The highest BCUT2D eigenvalue weighted by Crippen LogP contribution is 2.13. The molecule has 3 heteroatoms. The predicted molar refractivity (Wildman–Crippen MR) is 79.6 cm³/mol. The summed E-state index contributed by atoms with van der Waals surface area (Å²) in [6, 6.07) is 7.97. The van der Waals surface area contributed by atoms with Crippen LogP contribution in [0.4, 0.5) is 0 Å². The molecule has 0 fully saturated rings. The Morgan fingerprint density at radius 1 is 1.35 bits per heavy atom. The van der Waals surface area contributed by atoms with Crippen molar-refractivity contribution in [2.75, 3.05) is 13.7 Å². The van der Waals surface area contributed by atoms with Crippen molar-refractivity contribution in [2.24, 2.45) is 5.92 Å². The van der Waals surface area contributed by atoms with E-state index < -0.39 is 0 Å². The lowest BCUT2D eigenvalue weighted by atomic mass is 10.2. The van der Waals surface area contributed by atoms with Crippen LogP contribution in [0.25, 0.3) is 0 Å². The third kappa shape index (κ3) is 6.07. The van der Waals surface area contributed by atoms with E-state index in [2.05, 4.69) is 42.5 Å². The highest BCUT2D eigenvalue weighted by Gasteiger charge is 1.99. The molecule has 0 N–H and O–H groups in total. The predicted octanol–water partition coefficient (Wildman–Crippen LogP) is 4.19. The maximum atomic E-state index is 5.67. The Kier molecular flexibility index (Phi) is 6.58. The summed E-state index contributed by atoms with van der Waals surface area (Å²) in [7, 11) is 1.67. The molecule has 0 aliphatic rings. The molecule has 0 saturated heterocycles. The van der Waals surface area contributed by atoms with Crippen molar-refractivity contribution in [3.63, 3.8) is 0 Å². The molecule has 0 radical (unpaired) electrons. The second-order valence-electron chi connectivity index (χ2n) is 4.09. The topological polar surface area (TPSA) is 18.5 Å². The summed E-state index contributed by atoms with van der Waals surface area (Å²) in [6.45, 7) is 5.67. The van der Waals surface area contributed by atoms with Crippen LogP contribution in [0.5, 0.6) is 5.75 Å². The largest absolute Gasteiger partial charge is 0.497 e. The van der Waals surface area contributed by atoms with E-state index in [1.807, 2.05) is 24.3 Å². The van der Waals surface area contributed by atoms with E-state index in [1.165, 1.54) is 9.14 Å². The fraction of sp³-hybridized carbons (Fsp3) is 0.429. The molecule has 0 unspecified atom stereocenters. The SMILES string of the molecule is COc1ccc(COC[C@H](C)/C=C(\C)I)cc1. The van der Waals surface area contributed by atoms with Gasteiger partial charge in [-0.2, -0.15) is 0 Å². The third-order valence-electron chi connectivity index (χ3n) is 2.32. The van der Waals surface area contributed by atoms with E-state index >= 15 is 0 Å². The minimum atomic E-state index is 0.463. The van der Waals surface area contributed by atoms with Gasteiger partial charge in [-0.05, 0) is 56.7 Å². The summed E-state index contributed by atoms with van der Waals surface area (Å²) in [4.78, 5) is 0. The van der Waals surface area contributed by atoms with Gasteiger partial charge in [0.05, 0.1) is 20.3 Å². The van der Waals surface area contributed by atoms with Gasteiger partial charge in [0.2, 0.25) is 0 Å². The Bertz CT molecular complexity index is 353. The summed E-state index contributed by atoms with van der Waals surface area (Å²) in [6.07, 6.45) is 2.22. The maximum Gasteiger partial charge on any atom is 0.118 e. The average Bonchev–Trinajstić information content (AvgIpc) is 2.29. The van der Waals surface area contributed by atoms with Gasteiger partial charge in [0.25, 0.3) is 0 Å². The number of methoxy groups -OCH3 is 1. The number of hydrogen-bond donors (Lipinski definition) is 0. The molecule has 17 heavy (non-hydrogen) atoms. The van der Waals surface area contributed by atoms with E-state index in [1.54, 1.807) is 7.11 Å². The zero-order valence-corrected chi connectivity index (χ0v) is 12.7. The molecule has 0 heterocycles. The van der Waals surface area contributed by atoms with Crippen LogP contribution in [0, 0.1) is 5.92 Å². The highest BCUT2D eigenvalue weighted by molar-refractivity contribution is 14.1. The van der Waals surface area contributed by atoms with E-state index in [9.17, 15) is 0 Å². The summed E-state index contributed by atoms with van der Waals surface area (Å²) < 4.78 is 12.1. The van der Waals surface area contributed by atoms with Crippen molar-refractivity contribution in [2.45, 2.75) is 20.5 Å². The van der Waals surface area contributed by atoms with Crippen LogP contribution < -0.4 is 4.74 Å². The monoisotopic (exact) mass is 346 g/mol. The van der Waals surface area contributed by atoms with Crippen LogP contribution in [0.2, 0.25) is 0 Å². The van der Waals surface area contributed by atoms with Crippen LogP contribution in [0.1, 0.15) is 19.4 Å². The molecule has 0 amide bonds. The Hall–Kier alpha value is -0.550. The molecule has 0 saturated carbocycles. The molecule has 0 spiro atoms. The Balaban J connectivity index is 2.33. The first-order valence-corrected chi connectivity index (χ1v) is 6.74. The first-order chi connectivity index (χ1) is 8.11. The number of rotatable bonds is 6. The standard InChI is InChI=1S/C14H19IO2/c1-11(8-12(2)15)9-17-10-13-4-6-14(16-3)7-5-13/h4-8,11H,9-10H2,1-3H3/b12-8+/t11-/m1/s1. The van der Waals surface area contributed by atoms with Gasteiger partial charge < -0.3 is 9.47 Å². The highest BCUT2D eigenvalue weighted by atomic mass is 127. The number of halogens is 1. The van der Waals surface area contributed by atoms with Gasteiger partial charge >= 0.3 is 0 Å². The molecule has 0 bridgehead atoms. The zero-order valence-electron chi connectivity index (χ0n) is 10.6. The van der Waals surface area contributed by atoms with Crippen molar-refractivity contribution < 1.29 is 9.47 Å². The van der Waals surface area contributed by atoms with Gasteiger partial charge in [-0.3, -0.25) is 0 Å². The smallest absolute Gasteiger partial charge is 0.118 e. The lowest BCUT2D eigenvalue weighted by molar-refractivity contribution is 0.104. The van der Waals surface area contributed by atoms with E-state index in [0.717, 1.165) is 12.4 Å². The summed E-state index contributed by atoms with van der Waals surface area (Å²) >= 11 is 2.32. The minimum Gasteiger partial charge on any atom is -0.497 e. The molecular formula is C14H19IO2. The summed E-state index contributed by atoms with van der Waals surface area (Å²) in [5, 5.41) is 0. The van der Waals surface area contributed by atoms with Crippen LogP contribution in [-0.4, -0.2) is 13.7 Å². The maximum absolute atomic E-state index is 5.67. The zero-order chi connectivity index (χ0) is 12.7. The molecule has 1 aromatic carbocycles. The molecule has 0 aromatic heterocycles. The van der Waals surface area contributed by atoms with Crippen LogP contribution in [0.3, 0.4) is 0 Å². The third-order valence-corrected chi connectivity index (χ3v) is 2.68. The van der Waals surface area contributed by atoms with E-state index in [-0.39, 0.29) is 0 Å². The van der Waals surface area contributed by atoms with E-state index in [4.69, 9.17) is 9.47 Å². The molecule has 1 aromatic rings. The van der Waals surface area contributed by atoms with Crippen molar-refractivity contribution >= 4 is 22.6 Å². The summed E-state index contributed by atoms with van der Waals surface area (Å²) in [5.41, 5.74) is 1.17. The first kappa shape index (κ1) is 14.5. The second kappa shape index (κ2) is 7.71. The Morgan fingerprint density at radius 3 is 2.53 bits per heavy atom. The average molecular weight is 346 g/mol. The van der Waals surface area contributed by atoms with Gasteiger partial charge in [-0.25, -0.2) is 0 Å². The van der Waals surface area contributed by atoms with Gasteiger partial charge in [0.15, 0.2) is 0 Å². The number of ether oxygens (including phenoxy) is 2. The Morgan fingerprint density at radius 2 is 2.00 bits per heavy atom. The molecule has 0 aliphatic heterocycles. The minimum absolute atomic E-state index is 0.463. The Labute approximate surface area is 117 Å². The van der Waals surface area contributed by atoms with Crippen molar-refractivity contribution in [3.05, 3.63) is 39.5 Å². The number of allylic oxidation sites excluding steroid dienone is 1. The molecule has 1 rings (SSSR count). The normalized spacial score (nSPS) is 13.5. The molecular weight excluding hydrogens is 327 g/mol. The quantitative estimate of drug-likeness (QED) is 0.720. The molecule has 2 nitrogen and oxygen atoms in total. The lowest BCUT2D eigenvalue weighted by Crippen LogP contribution is -2.03. The molecule has 1 atom stereocenters. The van der Waals surface area contributed by atoms with Crippen molar-refractivity contribution in [1.29, 1.82) is 0 Å². The van der Waals surface area contributed by atoms with Gasteiger partial charge in [-0.15, -0.1) is 0 Å². The van der Waals surface area contributed by atoms with Gasteiger partial charge in [0, 0.05) is 0 Å². The van der Waals surface area contributed by atoms with Crippen LogP contribution >= 0.6 is 22.6 Å². The number of hydrogen-bond acceptors (Lipinski definition) is 2. The summed E-state index contributed by atoms with van der Waals surface area (Å²) in [5.74, 6) is 1.34. The first-order valence-electron chi connectivity index (χ1n) is 5.66. The van der Waals surface area contributed by atoms with E-state index in [0.29, 0.717) is 12.5 Å². The van der Waals surface area contributed by atoms with Crippen molar-refractivity contribution in [1.82, 2.24) is 0 Å². The fourth-order valence-corrected chi connectivity index (χ4v) is 2.14. The van der Waals surface area contributed by atoms with Crippen molar-refractivity contribution in [3.8, 4) is 5.75 Å². The number of benzene rings is 1. The molecule has 0 aliphatic carbocycles. The second-order valence-corrected chi connectivity index (χ2v) is 5.80.